The maximum absolute atomic E-state index is 13.7. The van der Waals surface area contributed by atoms with Crippen molar-refractivity contribution >= 4 is 11.7 Å². The monoisotopic (exact) mass is 425 g/mol. The molecule has 4 rings (SSSR count). The van der Waals surface area contributed by atoms with E-state index >= 15 is 0 Å². The molecule has 30 heavy (non-hydrogen) atoms. The van der Waals surface area contributed by atoms with Crippen LogP contribution in [0.3, 0.4) is 0 Å². The van der Waals surface area contributed by atoms with Crippen molar-refractivity contribution in [3.63, 3.8) is 0 Å². The van der Waals surface area contributed by atoms with Gasteiger partial charge in [0.1, 0.15) is 11.6 Å². The first-order valence-corrected chi connectivity index (χ1v) is 10.4. The zero-order valence-electron chi connectivity index (χ0n) is 17.0. The van der Waals surface area contributed by atoms with Gasteiger partial charge in [-0.15, -0.1) is 0 Å². The number of hydrogen-bond acceptors (Lipinski definition) is 5. The Kier molecular flexibility index (Phi) is 5.50. The highest BCUT2D eigenvalue weighted by Gasteiger charge is 2.47. The minimum atomic E-state index is -4.38. The molecule has 1 saturated heterocycles. The fraction of sp³-hybridized carbons (Fsp3) is 0.650. The topological polar surface area (TPSA) is 76.2 Å². The lowest BCUT2D eigenvalue weighted by atomic mass is 9.94. The van der Waals surface area contributed by atoms with Crippen molar-refractivity contribution in [1.29, 1.82) is 0 Å². The third-order valence-electron chi connectivity index (χ3n) is 6.03. The number of rotatable bonds is 5. The molecule has 2 aliphatic heterocycles. The van der Waals surface area contributed by atoms with E-state index in [-0.39, 0.29) is 36.8 Å². The van der Waals surface area contributed by atoms with E-state index in [0.29, 0.717) is 36.7 Å². The number of aromatic nitrogens is 3. The first kappa shape index (κ1) is 20.7. The molecule has 2 aliphatic rings. The second-order valence-corrected chi connectivity index (χ2v) is 8.41. The number of nitrogens with one attached hydrogen (secondary N) is 1. The molecule has 164 valence electrons. The Morgan fingerprint density at radius 1 is 1.40 bits per heavy atom. The summed E-state index contributed by atoms with van der Waals surface area (Å²) in [5.41, 5.74) is 0.515. The van der Waals surface area contributed by atoms with Gasteiger partial charge in [0.15, 0.2) is 6.04 Å². The second kappa shape index (κ2) is 7.96. The van der Waals surface area contributed by atoms with Gasteiger partial charge in [-0.1, -0.05) is 19.0 Å². The Morgan fingerprint density at radius 2 is 2.20 bits per heavy atom. The Hall–Kier alpha value is -2.52. The Bertz CT molecular complexity index is 878. The van der Waals surface area contributed by atoms with E-state index in [4.69, 9.17) is 4.52 Å². The lowest BCUT2D eigenvalue weighted by Gasteiger charge is -2.35. The average molecular weight is 425 g/mol. The molecule has 0 aliphatic carbocycles. The lowest BCUT2D eigenvalue weighted by Crippen LogP contribution is -2.41. The van der Waals surface area contributed by atoms with Crippen LogP contribution in [0.4, 0.5) is 19.0 Å². The van der Waals surface area contributed by atoms with E-state index in [1.165, 1.54) is 6.20 Å². The predicted octanol–water partition coefficient (Wildman–Crippen LogP) is 4.11. The average Bonchev–Trinajstić information content (AvgIpc) is 3.43. The van der Waals surface area contributed by atoms with Crippen LogP contribution in [-0.4, -0.2) is 44.5 Å². The largest absolute Gasteiger partial charge is 0.410 e. The highest BCUT2D eigenvalue weighted by Crippen LogP contribution is 2.42. The number of amides is 1. The standard InChI is InChI=1S/C20H26F3N5O2/c1-12(2)14-10-17(20(21,22)23)28-18(25-14)11-15(26-28)16-4-3-9-27(16)19(29)6-5-13-7-8-24-30-13/h7-8,11-12,14,16-17,25H,3-6,9-10H2,1-2H3/t14-,16-,17+/m0/s1. The molecular formula is C20H26F3N5O2. The summed E-state index contributed by atoms with van der Waals surface area (Å²) in [5, 5.41) is 11.2. The van der Waals surface area contributed by atoms with E-state index in [0.717, 1.165) is 11.1 Å². The fourth-order valence-electron chi connectivity index (χ4n) is 4.34. The molecule has 0 bridgehead atoms. The van der Waals surface area contributed by atoms with Crippen molar-refractivity contribution in [2.24, 2.45) is 5.92 Å². The molecule has 1 fully saturated rings. The number of fused-ring (bicyclic) bond motifs is 1. The van der Waals surface area contributed by atoms with Crippen molar-refractivity contribution in [3.05, 3.63) is 29.8 Å². The molecule has 0 spiro atoms. The summed E-state index contributed by atoms with van der Waals surface area (Å²) in [6.07, 6.45) is -0.716. The van der Waals surface area contributed by atoms with Gasteiger partial charge in [-0.05, 0) is 25.2 Å². The van der Waals surface area contributed by atoms with Crippen molar-refractivity contribution in [2.45, 2.75) is 70.3 Å². The van der Waals surface area contributed by atoms with Gasteiger partial charge in [0.25, 0.3) is 0 Å². The molecule has 0 unspecified atom stereocenters. The molecule has 1 N–H and O–H groups in total. The summed E-state index contributed by atoms with van der Waals surface area (Å²) in [7, 11) is 0. The highest BCUT2D eigenvalue weighted by molar-refractivity contribution is 5.77. The summed E-state index contributed by atoms with van der Waals surface area (Å²) in [6, 6.07) is 1.15. The van der Waals surface area contributed by atoms with Gasteiger partial charge in [0.05, 0.1) is 17.9 Å². The van der Waals surface area contributed by atoms with Gasteiger partial charge < -0.3 is 14.7 Å². The summed E-state index contributed by atoms with van der Waals surface area (Å²) < 4.78 is 47.2. The number of aryl methyl sites for hydroxylation is 1. The number of halogens is 3. The minimum Gasteiger partial charge on any atom is -0.367 e. The van der Waals surface area contributed by atoms with Gasteiger partial charge in [-0.25, -0.2) is 4.68 Å². The molecule has 7 nitrogen and oxygen atoms in total. The van der Waals surface area contributed by atoms with Gasteiger partial charge in [-0.2, -0.15) is 18.3 Å². The normalized spacial score (nSPS) is 24.2. The molecular weight excluding hydrogens is 399 g/mol. The van der Waals surface area contributed by atoms with Crippen LogP contribution in [0.5, 0.6) is 0 Å². The van der Waals surface area contributed by atoms with Crippen LogP contribution in [0.25, 0.3) is 0 Å². The Balaban J connectivity index is 1.54. The summed E-state index contributed by atoms with van der Waals surface area (Å²) in [5.74, 6) is 1.01. The third kappa shape index (κ3) is 4.04. The van der Waals surface area contributed by atoms with Crippen molar-refractivity contribution in [3.8, 4) is 0 Å². The van der Waals surface area contributed by atoms with E-state index in [9.17, 15) is 18.0 Å². The van der Waals surface area contributed by atoms with Crippen LogP contribution >= 0.6 is 0 Å². The molecule has 2 aromatic heterocycles. The van der Waals surface area contributed by atoms with Crippen molar-refractivity contribution in [1.82, 2.24) is 19.8 Å². The number of alkyl halides is 3. The first-order chi connectivity index (χ1) is 14.2. The van der Waals surface area contributed by atoms with Gasteiger partial charge in [0.2, 0.25) is 5.91 Å². The van der Waals surface area contributed by atoms with Crippen molar-refractivity contribution < 1.29 is 22.5 Å². The molecule has 2 aromatic rings. The molecule has 0 aromatic carbocycles. The number of likely N-dealkylation sites (tertiary alicyclic amines) is 1. The summed E-state index contributed by atoms with van der Waals surface area (Å²) in [6.45, 7) is 4.39. The zero-order valence-corrected chi connectivity index (χ0v) is 17.0. The number of anilines is 1. The summed E-state index contributed by atoms with van der Waals surface area (Å²) >= 11 is 0. The maximum Gasteiger partial charge on any atom is 0.410 e. The van der Waals surface area contributed by atoms with Crippen LogP contribution in [0.2, 0.25) is 0 Å². The predicted molar refractivity (Wildman–Crippen MR) is 103 cm³/mol. The minimum absolute atomic E-state index is 0.0553. The van der Waals surface area contributed by atoms with E-state index in [1.807, 2.05) is 13.8 Å². The quantitative estimate of drug-likeness (QED) is 0.780. The van der Waals surface area contributed by atoms with Crippen LogP contribution in [0, 0.1) is 5.92 Å². The Labute approximate surface area is 172 Å². The highest BCUT2D eigenvalue weighted by atomic mass is 19.4. The maximum atomic E-state index is 13.7. The zero-order chi connectivity index (χ0) is 21.5. The molecule has 0 saturated carbocycles. The van der Waals surface area contributed by atoms with Crippen LogP contribution in [-0.2, 0) is 11.2 Å². The van der Waals surface area contributed by atoms with E-state index < -0.39 is 12.2 Å². The SMILES string of the molecule is CC(C)[C@@H]1C[C@H](C(F)(F)F)n2nc([C@@H]3CCCN3C(=O)CCc3ccno3)cc2N1. The molecule has 1 amide bonds. The van der Waals surface area contributed by atoms with Crippen LogP contribution in [0.1, 0.15) is 63.1 Å². The number of nitrogens with zero attached hydrogens (tertiary/aromatic N) is 4. The molecule has 10 heteroatoms. The molecule has 0 radical (unpaired) electrons. The first-order valence-electron chi connectivity index (χ1n) is 10.4. The van der Waals surface area contributed by atoms with Gasteiger partial charge >= 0.3 is 6.18 Å². The van der Waals surface area contributed by atoms with Crippen LogP contribution in [0.15, 0.2) is 22.9 Å². The number of hydrogen-bond donors (Lipinski definition) is 1. The van der Waals surface area contributed by atoms with Crippen molar-refractivity contribution in [2.75, 3.05) is 11.9 Å². The lowest BCUT2D eigenvalue weighted by molar-refractivity contribution is -0.174. The van der Waals surface area contributed by atoms with Gasteiger partial charge in [0, 0.05) is 37.6 Å². The van der Waals surface area contributed by atoms with Gasteiger partial charge in [-0.3, -0.25) is 4.79 Å². The molecule has 3 atom stereocenters. The second-order valence-electron chi connectivity index (χ2n) is 8.41. The van der Waals surface area contributed by atoms with E-state index in [1.54, 1.807) is 17.0 Å². The van der Waals surface area contributed by atoms with E-state index in [2.05, 4.69) is 15.6 Å². The molecule has 4 heterocycles. The summed E-state index contributed by atoms with van der Waals surface area (Å²) in [4.78, 5) is 14.5. The fourth-order valence-corrected chi connectivity index (χ4v) is 4.34. The third-order valence-corrected chi connectivity index (χ3v) is 6.03. The smallest absolute Gasteiger partial charge is 0.367 e. The number of carbonyl (C=O) groups is 1. The van der Waals surface area contributed by atoms with Crippen LogP contribution < -0.4 is 5.32 Å². The number of carbonyl (C=O) groups excluding carboxylic acids is 1. The Morgan fingerprint density at radius 3 is 2.87 bits per heavy atom.